The number of nitrogens with one attached hydrogen (secondary N) is 1. The zero-order valence-electron chi connectivity index (χ0n) is 18.3. The molecule has 0 bridgehead atoms. The molecule has 0 atom stereocenters. The van der Waals surface area contributed by atoms with Gasteiger partial charge in [0.1, 0.15) is 11.0 Å². The molecule has 1 N–H and O–H groups in total. The van der Waals surface area contributed by atoms with E-state index in [1.54, 1.807) is 26.0 Å². The van der Waals surface area contributed by atoms with Gasteiger partial charge in [-0.15, -0.1) is 0 Å². The second-order valence-electron chi connectivity index (χ2n) is 7.97. The van der Waals surface area contributed by atoms with Gasteiger partial charge in [-0.05, 0) is 50.8 Å². The van der Waals surface area contributed by atoms with Crippen LogP contribution in [0.15, 0.2) is 22.7 Å². The van der Waals surface area contributed by atoms with Gasteiger partial charge in [0.05, 0.1) is 19.4 Å². The highest BCUT2D eigenvalue weighted by Gasteiger charge is 2.37. The van der Waals surface area contributed by atoms with Crippen LogP contribution in [0.2, 0.25) is 0 Å². The van der Waals surface area contributed by atoms with Gasteiger partial charge in [0, 0.05) is 28.5 Å². The Kier molecular flexibility index (Phi) is 7.05. The molecule has 3 aromatic rings. The van der Waals surface area contributed by atoms with E-state index in [9.17, 15) is 17.7 Å². The molecular formula is C21H25BrF3N4O3P. The Labute approximate surface area is 197 Å². The van der Waals surface area contributed by atoms with Gasteiger partial charge in [0.2, 0.25) is 5.82 Å². The largest absolute Gasteiger partial charge is 0.451 e. The summed E-state index contributed by atoms with van der Waals surface area (Å²) >= 11 is 3.38. The number of piperidine rings is 1. The van der Waals surface area contributed by atoms with Crippen LogP contribution in [0, 0.1) is 5.92 Å². The molecule has 1 fully saturated rings. The van der Waals surface area contributed by atoms with E-state index in [0.717, 1.165) is 4.47 Å². The third-order valence-corrected chi connectivity index (χ3v) is 8.45. The van der Waals surface area contributed by atoms with Crippen LogP contribution >= 0.6 is 23.5 Å². The summed E-state index contributed by atoms with van der Waals surface area (Å²) in [5, 5.41) is 0.595. The number of alkyl halides is 3. The molecule has 1 saturated heterocycles. The van der Waals surface area contributed by atoms with Crippen molar-refractivity contribution in [3.8, 4) is 0 Å². The molecule has 0 spiro atoms. The molecule has 2 aromatic heterocycles. The first-order valence-electron chi connectivity index (χ1n) is 10.8. The monoisotopic (exact) mass is 548 g/mol. The van der Waals surface area contributed by atoms with Gasteiger partial charge in [-0.3, -0.25) is 4.57 Å². The molecule has 4 rings (SSSR count). The summed E-state index contributed by atoms with van der Waals surface area (Å²) in [6, 6.07) is 5.36. The highest BCUT2D eigenvalue weighted by atomic mass is 79.9. The third kappa shape index (κ3) is 5.21. The summed E-state index contributed by atoms with van der Waals surface area (Å²) in [5.74, 6) is -0.843. The van der Waals surface area contributed by atoms with Crippen molar-refractivity contribution < 1.29 is 26.8 Å². The fourth-order valence-electron chi connectivity index (χ4n) is 4.25. The molecule has 1 aromatic carbocycles. The number of aromatic amines is 1. The smallest absolute Gasteiger partial charge is 0.355 e. The maximum atomic E-state index is 13.6. The van der Waals surface area contributed by atoms with Crippen LogP contribution in [0.1, 0.15) is 32.5 Å². The summed E-state index contributed by atoms with van der Waals surface area (Å²) in [6.07, 6.45) is -3.08. The fourth-order valence-corrected chi connectivity index (χ4v) is 6.68. The summed E-state index contributed by atoms with van der Waals surface area (Å²) in [5.41, 5.74) is 1.40. The van der Waals surface area contributed by atoms with E-state index < -0.39 is 19.6 Å². The molecule has 33 heavy (non-hydrogen) atoms. The maximum absolute atomic E-state index is 13.6. The molecule has 7 nitrogen and oxygen atoms in total. The van der Waals surface area contributed by atoms with Crippen molar-refractivity contribution in [2.75, 3.05) is 37.4 Å². The number of H-pyrrole nitrogens is 1. The lowest BCUT2D eigenvalue weighted by Gasteiger charge is -2.34. The highest BCUT2D eigenvalue weighted by Crippen LogP contribution is 2.51. The lowest BCUT2D eigenvalue weighted by atomic mass is 9.99. The zero-order valence-corrected chi connectivity index (χ0v) is 20.8. The summed E-state index contributed by atoms with van der Waals surface area (Å²) in [4.78, 5) is 12.8. The average Bonchev–Trinajstić information content (AvgIpc) is 3.11. The number of nitrogens with zero attached hydrogens (tertiary/aromatic N) is 3. The Hall–Kier alpha value is -1.68. The fraction of sp³-hybridized carbons (Fsp3) is 0.524. The number of anilines is 1. The molecule has 180 valence electrons. The number of rotatable bonds is 7. The molecule has 12 heteroatoms. The molecule has 0 saturated carbocycles. The Morgan fingerprint density at radius 3 is 2.45 bits per heavy atom. The van der Waals surface area contributed by atoms with Gasteiger partial charge in [-0.2, -0.15) is 13.2 Å². The van der Waals surface area contributed by atoms with Gasteiger partial charge < -0.3 is 18.9 Å². The molecule has 0 unspecified atom stereocenters. The van der Waals surface area contributed by atoms with Crippen molar-refractivity contribution in [3.63, 3.8) is 0 Å². The molecular weight excluding hydrogens is 524 g/mol. The number of hydrogen-bond donors (Lipinski definition) is 1. The summed E-state index contributed by atoms with van der Waals surface area (Å²) in [7, 11) is -3.18. The molecule has 1 aliphatic heterocycles. The quantitative estimate of drug-likeness (QED) is 0.345. The predicted octanol–water partition coefficient (Wildman–Crippen LogP) is 6.37. The lowest BCUT2D eigenvalue weighted by Crippen LogP contribution is -2.36. The Morgan fingerprint density at radius 1 is 1.18 bits per heavy atom. The number of benzene rings is 1. The van der Waals surface area contributed by atoms with E-state index in [4.69, 9.17) is 9.05 Å². The minimum Gasteiger partial charge on any atom is -0.355 e. The van der Waals surface area contributed by atoms with Gasteiger partial charge in [0.15, 0.2) is 5.82 Å². The third-order valence-electron chi connectivity index (χ3n) is 5.69. The first-order chi connectivity index (χ1) is 15.6. The minimum atomic E-state index is -4.67. The van der Waals surface area contributed by atoms with E-state index in [1.807, 2.05) is 11.0 Å². The number of fused-ring (bicyclic) bond motifs is 3. The van der Waals surface area contributed by atoms with Gasteiger partial charge in [-0.1, -0.05) is 15.9 Å². The van der Waals surface area contributed by atoms with Crippen LogP contribution in [-0.2, 0) is 19.8 Å². The number of aromatic nitrogens is 3. The Bertz CT molecular complexity index is 1180. The van der Waals surface area contributed by atoms with Crippen molar-refractivity contribution in [2.45, 2.75) is 32.9 Å². The molecule has 0 amide bonds. The summed E-state index contributed by atoms with van der Waals surface area (Å²) in [6.45, 7) is 5.09. The maximum Gasteiger partial charge on any atom is 0.451 e. The molecule has 3 heterocycles. The topological polar surface area (TPSA) is 80.3 Å². The minimum absolute atomic E-state index is 0.0864. The van der Waals surface area contributed by atoms with Crippen LogP contribution in [-0.4, -0.2) is 47.4 Å². The number of hydrogen-bond acceptors (Lipinski definition) is 6. The van der Waals surface area contributed by atoms with E-state index >= 15 is 0 Å². The van der Waals surface area contributed by atoms with Crippen molar-refractivity contribution in [2.24, 2.45) is 5.92 Å². The highest BCUT2D eigenvalue weighted by molar-refractivity contribution is 9.10. The molecule has 0 radical (unpaired) electrons. The standard InChI is InChI=1S/C21H25BrF3N4O3P/c1-3-31-33(30,32-4-2)12-13-7-9-29(10-8-13)19-18-17(27-20(28-19)21(23,24)25)15-11-14(22)5-6-16(15)26-18/h5-6,11,13,26H,3-4,7-10,12H2,1-2H3. The lowest BCUT2D eigenvalue weighted by molar-refractivity contribution is -0.144. The Morgan fingerprint density at radius 2 is 1.85 bits per heavy atom. The van der Waals surface area contributed by atoms with Crippen LogP contribution < -0.4 is 4.90 Å². The second kappa shape index (κ2) is 9.52. The van der Waals surface area contributed by atoms with Crippen LogP contribution in [0.4, 0.5) is 19.0 Å². The Balaban J connectivity index is 1.65. The van der Waals surface area contributed by atoms with Gasteiger partial charge in [-0.25, -0.2) is 9.97 Å². The van der Waals surface area contributed by atoms with Crippen molar-refractivity contribution in [3.05, 3.63) is 28.5 Å². The normalized spacial score (nSPS) is 16.2. The van der Waals surface area contributed by atoms with Crippen LogP contribution in [0.5, 0.6) is 0 Å². The first kappa shape index (κ1) is 24.4. The van der Waals surface area contributed by atoms with E-state index in [2.05, 4.69) is 30.9 Å². The molecule has 0 aliphatic carbocycles. The zero-order chi connectivity index (χ0) is 23.8. The average molecular weight is 549 g/mol. The molecule has 1 aliphatic rings. The van der Waals surface area contributed by atoms with E-state index in [1.165, 1.54) is 0 Å². The van der Waals surface area contributed by atoms with Crippen LogP contribution in [0.3, 0.4) is 0 Å². The SMILES string of the molecule is CCOP(=O)(CC1CCN(c2nc(C(F)(F)F)nc3c2[nH]c2ccc(Br)cc23)CC1)OCC. The van der Waals surface area contributed by atoms with Crippen molar-refractivity contribution in [1.82, 2.24) is 15.0 Å². The second-order valence-corrected chi connectivity index (χ2v) is 11.0. The van der Waals surface area contributed by atoms with Gasteiger partial charge >= 0.3 is 13.8 Å². The van der Waals surface area contributed by atoms with Crippen LogP contribution in [0.25, 0.3) is 21.9 Å². The predicted molar refractivity (Wildman–Crippen MR) is 125 cm³/mol. The van der Waals surface area contributed by atoms with Gasteiger partial charge in [0.25, 0.3) is 0 Å². The summed E-state index contributed by atoms with van der Waals surface area (Å²) < 4.78 is 65.3. The van der Waals surface area contributed by atoms with E-state index in [-0.39, 0.29) is 17.3 Å². The van der Waals surface area contributed by atoms with Crippen molar-refractivity contribution >= 4 is 51.3 Å². The van der Waals surface area contributed by atoms with Crippen molar-refractivity contribution in [1.29, 1.82) is 0 Å². The first-order valence-corrected chi connectivity index (χ1v) is 13.3. The van der Waals surface area contributed by atoms with E-state index in [0.29, 0.717) is 61.7 Å². The number of halogens is 4.